The van der Waals surface area contributed by atoms with Gasteiger partial charge in [0, 0.05) is 0 Å². The van der Waals surface area contributed by atoms with Crippen LogP contribution in [0.3, 0.4) is 0 Å². The Morgan fingerprint density at radius 1 is 1.00 bits per heavy atom. The summed E-state index contributed by atoms with van der Waals surface area (Å²) >= 11 is 1.07. The molecule has 134 valence electrons. The first kappa shape index (κ1) is 17.5. The minimum absolute atomic E-state index is 0.169. The monoisotopic (exact) mass is 373 g/mol. The first-order chi connectivity index (χ1) is 12.4. The zero-order valence-electron chi connectivity index (χ0n) is 13.9. The van der Waals surface area contributed by atoms with E-state index in [4.69, 9.17) is 8.83 Å². The third-order valence-electron chi connectivity index (χ3n) is 3.39. The fourth-order valence-electron chi connectivity index (χ4n) is 2.21. The average molecular weight is 373 g/mol. The Labute approximate surface area is 152 Å². The van der Waals surface area contributed by atoms with Gasteiger partial charge in [0.2, 0.25) is 0 Å². The normalized spacial score (nSPS) is 10.4. The number of thiophene rings is 1. The van der Waals surface area contributed by atoms with Crippen LogP contribution < -0.4 is 16.2 Å². The largest absolute Gasteiger partial charge is 0.466 e. The van der Waals surface area contributed by atoms with Crippen molar-refractivity contribution in [2.24, 2.45) is 0 Å². The number of anilines is 1. The van der Waals surface area contributed by atoms with Gasteiger partial charge < -0.3 is 14.2 Å². The van der Waals surface area contributed by atoms with Gasteiger partial charge in [0.15, 0.2) is 5.76 Å². The van der Waals surface area contributed by atoms with E-state index in [-0.39, 0.29) is 5.76 Å². The predicted octanol–water partition coefficient (Wildman–Crippen LogP) is 2.88. The molecule has 0 unspecified atom stereocenters. The molecule has 3 aromatic rings. The van der Waals surface area contributed by atoms with Crippen molar-refractivity contribution in [3.8, 4) is 0 Å². The van der Waals surface area contributed by atoms with Crippen LogP contribution in [0.25, 0.3) is 0 Å². The molecule has 3 rings (SSSR count). The molecule has 3 heterocycles. The Morgan fingerprint density at radius 3 is 2.42 bits per heavy atom. The van der Waals surface area contributed by atoms with Gasteiger partial charge in [0.05, 0.1) is 21.7 Å². The van der Waals surface area contributed by atoms with E-state index >= 15 is 0 Å². The van der Waals surface area contributed by atoms with Crippen LogP contribution in [0.2, 0.25) is 0 Å². The van der Waals surface area contributed by atoms with Crippen LogP contribution in [0.5, 0.6) is 0 Å². The minimum Gasteiger partial charge on any atom is -0.466 e. The summed E-state index contributed by atoms with van der Waals surface area (Å²) in [5.41, 5.74) is 5.00. The zero-order valence-corrected chi connectivity index (χ0v) is 14.7. The average Bonchev–Trinajstić information content (AvgIpc) is 3.33. The van der Waals surface area contributed by atoms with Crippen LogP contribution in [0.1, 0.15) is 42.1 Å². The fraction of sp³-hybridized carbons (Fsp3) is 0.118. The Bertz CT molecular complexity index is 955. The summed E-state index contributed by atoms with van der Waals surface area (Å²) in [7, 11) is 0. The highest BCUT2D eigenvalue weighted by Gasteiger charge is 2.16. The molecule has 3 N–H and O–H groups in total. The molecular weight excluding hydrogens is 358 g/mol. The van der Waals surface area contributed by atoms with Crippen LogP contribution in [0.15, 0.2) is 45.4 Å². The van der Waals surface area contributed by atoms with E-state index < -0.39 is 17.7 Å². The molecule has 3 aromatic heterocycles. The molecule has 0 radical (unpaired) electrons. The lowest BCUT2D eigenvalue weighted by atomic mass is 10.2. The number of nitrogens with one attached hydrogen (secondary N) is 3. The molecule has 0 aliphatic carbocycles. The molecule has 0 aliphatic rings. The van der Waals surface area contributed by atoms with Gasteiger partial charge in [-0.15, -0.1) is 11.3 Å². The molecular formula is C17H15N3O5S. The molecule has 26 heavy (non-hydrogen) atoms. The van der Waals surface area contributed by atoms with Gasteiger partial charge in [0.1, 0.15) is 11.5 Å². The smallest absolute Gasteiger partial charge is 0.291 e. The lowest BCUT2D eigenvalue weighted by molar-refractivity contribution is 0.0848. The third kappa shape index (κ3) is 3.83. The van der Waals surface area contributed by atoms with E-state index in [2.05, 4.69) is 16.2 Å². The molecule has 0 saturated carbocycles. The lowest BCUT2D eigenvalue weighted by Gasteiger charge is -2.05. The van der Waals surface area contributed by atoms with Crippen LogP contribution in [0.4, 0.5) is 5.00 Å². The maximum Gasteiger partial charge on any atom is 0.291 e. The van der Waals surface area contributed by atoms with E-state index in [1.807, 2.05) is 0 Å². The number of furan rings is 2. The van der Waals surface area contributed by atoms with Crippen molar-refractivity contribution in [3.63, 3.8) is 0 Å². The van der Waals surface area contributed by atoms with E-state index in [1.165, 1.54) is 18.4 Å². The van der Waals surface area contributed by atoms with Crippen LogP contribution in [-0.2, 0) is 0 Å². The van der Waals surface area contributed by atoms with Crippen molar-refractivity contribution in [2.75, 3.05) is 5.32 Å². The summed E-state index contributed by atoms with van der Waals surface area (Å²) in [4.78, 5) is 36.4. The van der Waals surface area contributed by atoms with E-state index in [9.17, 15) is 14.4 Å². The number of amides is 3. The summed E-state index contributed by atoms with van der Waals surface area (Å²) in [6.07, 6.45) is 1.40. The van der Waals surface area contributed by atoms with Crippen LogP contribution >= 0.6 is 11.3 Å². The van der Waals surface area contributed by atoms with Gasteiger partial charge in [-0.1, -0.05) is 0 Å². The summed E-state index contributed by atoms with van der Waals surface area (Å²) in [6.45, 7) is 3.39. The van der Waals surface area contributed by atoms with Crippen molar-refractivity contribution in [2.45, 2.75) is 13.8 Å². The number of carbonyl (C=O) groups is 3. The summed E-state index contributed by atoms with van der Waals surface area (Å²) < 4.78 is 10.3. The summed E-state index contributed by atoms with van der Waals surface area (Å²) in [5, 5.41) is 3.10. The second-order valence-electron chi connectivity index (χ2n) is 5.33. The topological polar surface area (TPSA) is 114 Å². The molecule has 0 fully saturated rings. The Balaban J connectivity index is 1.57. The fourth-order valence-corrected chi connectivity index (χ4v) is 3.00. The maximum absolute atomic E-state index is 12.1. The molecule has 8 nitrogen and oxygen atoms in total. The number of carbonyl (C=O) groups excluding carboxylic acids is 3. The summed E-state index contributed by atoms with van der Waals surface area (Å²) in [5.74, 6) is -0.150. The van der Waals surface area contributed by atoms with Gasteiger partial charge in [-0.2, -0.15) is 0 Å². The summed E-state index contributed by atoms with van der Waals surface area (Å²) in [6, 6.07) is 7.85. The number of hydrogen-bond acceptors (Lipinski definition) is 6. The highest BCUT2D eigenvalue weighted by molar-refractivity contribution is 7.18. The number of hydrazine groups is 1. The standard InChI is InChI=1S/C17H15N3O5S/c1-9-8-11(10(2)25-9)15(21)19-20-17(23)13-5-6-14(26-13)18-16(22)12-4-3-7-24-12/h3-8H,1-2H3,(H,18,22)(H,19,21)(H,20,23). The van der Waals surface area contributed by atoms with Gasteiger partial charge in [-0.3, -0.25) is 25.2 Å². The van der Waals surface area contributed by atoms with E-state index in [0.717, 1.165) is 11.3 Å². The highest BCUT2D eigenvalue weighted by Crippen LogP contribution is 2.22. The number of rotatable bonds is 4. The Morgan fingerprint density at radius 2 is 1.77 bits per heavy atom. The van der Waals surface area contributed by atoms with Crippen molar-refractivity contribution < 1.29 is 23.2 Å². The third-order valence-corrected chi connectivity index (χ3v) is 4.39. The van der Waals surface area contributed by atoms with Gasteiger partial charge in [-0.05, 0) is 44.2 Å². The van der Waals surface area contributed by atoms with Crippen molar-refractivity contribution >= 4 is 34.1 Å². The molecule has 0 bridgehead atoms. The van der Waals surface area contributed by atoms with E-state index in [0.29, 0.717) is 27.0 Å². The van der Waals surface area contributed by atoms with Gasteiger partial charge >= 0.3 is 0 Å². The molecule has 0 aliphatic heterocycles. The van der Waals surface area contributed by atoms with Crippen molar-refractivity contribution in [3.05, 3.63) is 64.3 Å². The molecule has 0 saturated heterocycles. The van der Waals surface area contributed by atoms with Gasteiger partial charge in [-0.25, -0.2) is 0 Å². The molecule has 3 amide bonds. The molecule has 0 spiro atoms. The van der Waals surface area contributed by atoms with Crippen LogP contribution in [0, 0.1) is 13.8 Å². The Hall–Kier alpha value is -3.33. The molecule has 0 atom stereocenters. The van der Waals surface area contributed by atoms with Gasteiger partial charge in [0.25, 0.3) is 17.7 Å². The molecule has 9 heteroatoms. The zero-order chi connectivity index (χ0) is 18.7. The second kappa shape index (κ2) is 7.28. The number of hydrogen-bond donors (Lipinski definition) is 3. The number of aryl methyl sites for hydroxylation is 2. The van der Waals surface area contributed by atoms with Crippen molar-refractivity contribution in [1.82, 2.24) is 10.9 Å². The van der Waals surface area contributed by atoms with Crippen molar-refractivity contribution in [1.29, 1.82) is 0 Å². The highest BCUT2D eigenvalue weighted by atomic mass is 32.1. The SMILES string of the molecule is Cc1cc(C(=O)NNC(=O)c2ccc(NC(=O)c3ccco3)s2)c(C)o1. The minimum atomic E-state index is -0.500. The Kier molecular flexibility index (Phi) is 4.90. The first-order valence-electron chi connectivity index (χ1n) is 7.56. The molecule has 0 aromatic carbocycles. The first-order valence-corrected chi connectivity index (χ1v) is 8.38. The predicted molar refractivity (Wildman–Crippen MR) is 94.1 cm³/mol. The lowest BCUT2D eigenvalue weighted by Crippen LogP contribution is -2.41. The van der Waals surface area contributed by atoms with E-state index in [1.54, 1.807) is 32.0 Å². The quantitative estimate of drug-likeness (QED) is 0.609. The maximum atomic E-state index is 12.1. The van der Waals surface area contributed by atoms with Crippen LogP contribution in [-0.4, -0.2) is 17.7 Å². The second-order valence-corrected chi connectivity index (χ2v) is 6.41.